The molecule has 0 aliphatic heterocycles. The van der Waals surface area contributed by atoms with Crippen LogP contribution in [0.4, 0.5) is 0 Å². The van der Waals surface area contributed by atoms with Crippen LogP contribution in [0.3, 0.4) is 0 Å². The van der Waals surface area contributed by atoms with E-state index in [9.17, 15) is 4.79 Å². The van der Waals surface area contributed by atoms with Gasteiger partial charge in [-0.05, 0) is 37.5 Å². The fourth-order valence-electron chi connectivity index (χ4n) is 3.60. The average molecular weight is 271 g/mol. The maximum Gasteiger partial charge on any atom is 0.326 e. The highest BCUT2D eigenvalue weighted by Crippen LogP contribution is 2.44. The van der Waals surface area contributed by atoms with Crippen LogP contribution < -0.4 is 5.32 Å². The van der Waals surface area contributed by atoms with Gasteiger partial charge >= 0.3 is 5.97 Å². The van der Waals surface area contributed by atoms with Crippen LogP contribution >= 0.6 is 0 Å². The molecule has 0 aromatic carbocycles. The first kappa shape index (κ1) is 16.4. The molecule has 0 bridgehead atoms. The van der Waals surface area contributed by atoms with E-state index in [1.54, 1.807) is 7.11 Å². The summed E-state index contributed by atoms with van der Waals surface area (Å²) < 4.78 is 10.4. The van der Waals surface area contributed by atoms with Crippen LogP contribution in [0.2, 0.25) is 0 Å². The molecule has 2 unspecified atom stereocenters. The zero-order valence-corrected chi connectivity index (χ0v) is 13.0. The van der Waals surface area contributed by atoms with E-state index in [4.69, 9.17) is 9.47 Å². The number of methoxy groups -OCH3 is 1. The second-order valence-corrected chi connectivity index (χ2v) is 6.58. The summed E-state index contributed by atoms with van der Waals surface area (Å²) in [5, 5.41) is 3.41. The Labute approximate surface area is 117 Å². The monoisotopic (exact) mass is 271 g/mol. The van der Waals surface area contributed by atoms with Crippen molar-refractivity contribution in [1.29, 1.82) is 0 Å². The van der Waals surface area contributed by atoms with Gasteiger partial charge in [-0.1, -0.05) is 20.8 Å². The normalized spacial score (nSPS) is 30.1. The van der Waals surface area contributed by atoms with E-state index < -0.39 is 5.54 Å². The molecule has 1 saturated carbocycles. The van der Waals surface area contributed by atoms with Gasteiger partial charge in [0.15, 0.2) is 0 Å². The second-order valence-electron chi connectivity index (χ2n) is 6.58. The Bertz CT molecular complexity index is 304. The SMILES string of the molecule is CCOC(=O)C1(NCCOC)CC(C)CC(C)(C)C1. The van der Waals surface area contributed by atoms with Crippen LogP contribution in [-0.2, 0) is 14.3 Å². The predicted octanol–water partition coefficient (Wildman–Crippen LogP) is 2.37. The maximum atomic E-state index is 12.4. The molecule has 2 atom stereocenters. The van der Waals surface area contributed by atoms with Gasteiger partial charge in [0, 0.05) is 13.7 Å². The van der Waals surface area contributed by atoms with E-state index in [0.29, 0.717) is 25.7 Å². The highest BCUT2D eigenvalue weighted by atomic mass is 16.5. The van der Waals surface area contributed by atoms with Crippen LogP contribution in [0.15, 0.2) is 0 Å². The van der Waals surface area contributed by atoms with Crippen molar-refractivity contribution in [3.8, 4) is 0 Å². The van der Waals surface area contributed by atoms with Crippen LogP contribution in [-0.4, -0.2) is 38.4 Å². The summed E-state index contributed by atoms with van der Waals surface area (Å²) in [7, 11) is 1.67. The molecular weight excluding hydrogens is 242 g/mol. The molecule has 0 saturated heterocycles. The highest BCUT2D eigenvalue weighted by Gasteiger charge is 2.48. The number of rotatable bonds is 6. The predicted molar refractivity (Wildman–Crippen MR) is 76.0 cm³/mol. The van der Waals surface area contributed by atoms with Crippen LogP contribution in [0.1, 0.15) is 47.0 Å². The van der Waals surface area contributed by atoms with E-state index in [1.807, 2.05) is 6.92 Å². The second kappa shape index (κ2) is 6.71. The van der Waals surface area contributed by atoms with Crippen molar-refractivity contribution in [3.63, 3.8) is 0 Å². The molecule has 19 heavy (non-hydrogen) atoms. The van der Waals surface area contributed by atoms with Crippen LogP contribution in [0, 0.1) is 11.3 Å². The largest absolute Gasteiger partial charge is 0.465 e. The molecule has 1 fully saturated rings. The quantitative estimate of drug-likeness (QED) is 0.595. The molecule has 0 radical (unpaired) electrons. The van der Waals surface area contributed by atoms with E-state index in [1.165, 1.54) is 0 Å². The third-order valence-electron chi connectivity index (χ3n) is 3.81. The van der Waals surface area contributed by atoms with Gasteiger partial charge in [0.25, 0.3) is 0 Å². The van der Waals surface area contributed by atoms with Gasteiger partial charge < -0.3 is 9.47 Å². The smallest absolute Gasteiger partial charge is 0.326 e. The Kier molecular flexibility index (Phi) is 5.81. The molecule has 4 nitrogen and oxygen atoms in total. The molecule has 1 aliphatic rings. The fraction of sp³-hybridized carbons (Fsp3) is 0.933. The van der Waals surface area contributed by atoms with E-state index >= 15 is 0 Å². The van der Waals surface area contributed by atoms with Crippen molar-refractivity contribution < 1.29 is 14.3 Å². The Balaban J connectivity index is 2.86. The minimum absolute atomic E-state index is 0.106. The zero-order chi connectivity index (χ0) is 14.5. The summed E-state index contributed by atoms with van der Waals surface area (Å²) in [5.74, 6) is 0.411. The lowest BCUT2D eigenvalue weighted by Gasteiger charge is -2.46. The Morgan fingerprint density at radius 3 is 2.58 bits per heavy atom. The highest BCUT2D eigenvalue weighted by molar-refractivity contribution is 5.81. The molecule has 0 aromatic heterocycles. The summed E-state index contributed by atoms with van der Waals surface area (Å²) in [4.78, 5) is 12.4. The van der Waals surface area contributed by atoms with Crippen molar-refractivity contribution in [1.82, 2.24) is 5.32 Å². The van der Waals surface area contributed by atoms with Crippen LogP contribution in [0.5, 0.6) is 0 Å². The third-order valence-corrected chi connectivity index (χ3v) is 3.81. The molecule has 0 amide bonds. The van der Waals surface area contributed by atoms with E-state index in [-0.39, 0.29) is 11.4 Å². The summed E-state index contributed by atoms with van der Waals surface area (Å²) in [6.07, 6.45) is 2.83. The van der Waals surface area contributed by atoms with Crippen molar-refractivity contribution in [2.45, 2.75) is 52.5 Å². The number of esters is 1. The molecule has 1 N–H and O–H groups in total. The molecule has 112 valence electrons. The Hall–Kier alpha value is -0.610. The first-order chi connectivity index (χ1) is 8.85. The lowest BCUT2D eigenvalue weighted by molar-refractivity contribution is -0.156. The average Bonchev–Trinajstić information content (AvgIpc) is 2.27. The summed E-state index contributed by atoms with van der Waals surface area (Å²) in [6, 6.07) is 0. The van der Waals surface area contributed by atoms with Crippen molar-refractivity contribution in [3.05, 3.63) is 0 Å². The topological polar surface area (TPSA) is 47.6 Å². The molecule has 0 heterocycles. The van der Waals surface area contributed by atoms with Gasteiger partial charge in [0.2, 0.25) is 0 Å². The maximum absolute atomic E-state index is 12.4. The molecule has 1 aliphatic carbocycles. The number of hydrogen-bond acceptors (Lipinski definition) is 4. The minimum atomic E-state index is -0.546. The summed E-state index contributed by atoms with van der Waals surface area (Å²) in [6.45, 7) is 10.3. The summed E-state index contributed by atoms with van der Waals surface area (Å²) in [5.41, 5.74) is -0.389. The molecule has 1 rings (SSSR count). The number of ether oxygens (including phenoxy) is 2. The number of carbonyl (C=O) groups excluding carboxylic acids is 1. The lowest BCUT2D eigenvalue weighted by Crippen LogP contribution is -2.59. The molecular formula is C15H29NO3. The number of hydrogen-bond donors (Lipinski definition) is 1. The van der Waals surface area contributed by atoms with Gasteiger partial charge in [-0.15, -0.1) is 0 Å². The standard InChI is InChI=1S/C15H29NO3/c1-6-19-13(17)15(16-7-8-18-5)10-12(2)9-14(3,4)11-15/h12,16H,6-11H2,1-5H3. The van der Waals surface area contributed by atoms with E-state index in [0.717, 1.165) is 19.3 Å². The van der Waals surface area contributed by atoms with Crippen molar-refractivity contribution in [2.24, 2.45) is 11.3 Å². The van der Waals surface area contributed by atoms with Gasteiger partial charge in [0.05, 0.1) is 13.2 Å². The van der Waals surface area contributed by atoms with Crippen molar-refractivity contribution >= 4 is 5.97 Å². The lowest BCUT2D eigenvalue weighted by atomic mass is 9.64. The van der Waals surface area contributed by atoms with Crippen LogP contribution in [0.25, 0.3) is 0 Å². The fourth-order valence-corrected chi connectivity index (χ4v) is 3.60. The third kappa shape index (κ3) is 4.46. The number of nitrogens with one attached hydrogen (secondary N) is 1. The van der Waals surface area contributed by atoms with Crippen molar-refractivity contribution in [2.75, 3.05) is 26.9 Å². The number of carbonyl (C=O) groups is 1. The molecule has 0 aromatic rings. The zero-order valence-electron chi connectivity index (χ0n) is 13.0. The van der Waals surface area contributed by atoms with Gasteiger partial charge in [-0.3, -0.25) is 10.1 Å². The Morgan fingerprint density at radius 2 is 2.05 bits per heavy atom. The van der Waals surface area contributed by atoms with E-state index in [2.05, 4.69) is 26.1 Å². The minimum Gasteiger partial charge on any atom is -0.465 e. The molecule has 0 spiro atoms. The summed E-state index contributed by atoms with van der Waals surface area (Å²) >= 11 is 0. The van der Waals surface area contributed by atoms with Gasteiger partial charge in [-0.25, -0.2) is 0 Å². The first-order valence-electron chi connectivity index (χ1n) is 7.26. The Morgan fingerprint density at radius 1 is 1.37 bits per heavy atom. The van der Waals surface area contributed by atoms with Gasteiger partial charge in [0.1, 0.15) is 5.54 Å². The van der Waals surface area contributed by atoms with Gasteiger partial charge in [-0.2, -0.15) is 0 Å². The molecule has 4 heteroatoms. The first-order valence-corrected chi connectivity index (χ1v) is 7.26.